The molecule has 16 heavy (non-hydrogen) atoms. The van der Waals surface area contributed by atoms with Crippen LogP contribution in [0.5, 0.6) is 0 Å². The van der Waals surface area contributed by atoms with Crippen LogP contribution in [0, 0.1) is 0 Å². The van der Waals surface area contributed by atoms with Crippen LogP contribution in [0.2, 0.25) is 11.6 Å². The van der Waals surface area contributed by atoms with E-state index >= 15 is 0 Å². The van der Waals surface area contributed by atoms with Gasteiger partial charge >= 0.3 is 8.56 Å². The first-order chi connectivity index (χ1) is 7.37. The van der Waals surface area contributed by atoms with E-state index in [-0.39, 0.29) is 5.04 Å². The molecule has 0 atom stereocenters. The number of rotatable bonds is 8. The summed E-state index contributed by atoms with van der Waals surface area (Å²) in [5.41, 5.74) is 0. The molecule has 0 aliphatic rings. The van der Waals surface area contributed by atoms with Crippen molar-refractivity contribution >= 4 is 8.56 Å². The zero-order valence-electron chi connectivity index (χ0n) is 12.1. The Bertz CT molecular complexity index is 165. The minimum Gasteiger partial charge on any atom is -0.394 e. The Hall–Kier alpha value is 0.137. The molecule has 0 rings (SSSR count). The predicted octanol–water partition coefficient (Wildman–Crippen LogP) is 4.49. The molecule has 0 aromatic rings. The van der Waals surface area contributed by atoms with Crippen LogP contribution in [0.15, 0.2) is 0 Å². The molecule has 0 amide bonds. The predicted molar refractivity (Wildman–Crippen MR) is 73.1 cm³/mol. The van der Waals surface area contributed by atoms with Gasteiger partial charge in [0, 0.05) is 18.3 Å². The van der Waals surface area contributed by atoms with Crippen LogP contribution in [0.1, 0.15) is 60.3 Å². The van der Waals surface area contributed by atoms with E-state index in [4.69, 9.17) is 8.85 Å². The van der Waals surface area contributed by atoms with E-state index in [9.17, 15) is 0 Å². The van der Waals surface area contributed by atoms with Crippen molar-refractivity contribution in [1.82, 2.24) is 0 Å². The topological polar surface area (TPSA) is 18.5 Å². The molecular weight excluding hydrogens is 216 g/mol. The minimum atomic E-state index is -2.03. The molecule has 0 bridgehead atoms. The van der Waals surface area contributed by atoms with Crippen molar-refractivity contribution < 1.29 is 8.85 Å². The van der Waals surface area contributed by atoms with Crippen LogP contribution in [0.25, 0.3) is 0 Å². The van der Waals surface area contributed by atoms with Gasteiger partial charge in [-0.05, 0) is 19.4 Å². The fourth-order valence-corrected chi connectivity index (χ4v) is 3.31. The Morgan fingerprint density at radius 3 is 1.50 bits per heavy atom. The van der Waals surface area contributed by atoms with Crippen molar-refractivity contribution in [3.05, 3.63) is 0 Å². The molecule has 3 heteroatoms. The Balaban J connectivity index is 4.26. The monoisotopic (exact) mass is 246 g/mol. The molecule has 0 N–H and O–H groups in total. The Labute approximate surface area is 103 Å². The van der Waals surface area contributed by atoms with Crippen LogP contribution in [-0.2, 0) is 8.85 Å². The van der Waals surface area contributed by atoms with Gasteiger partial charge in [-0.1, -0.05) is 47.5 Å². The zero-order chi connectivity index (χ0) is 12.7. The van der Waals surface area contributed by atoms with Gasteiger partial charge in [-0.15, -0.1) is 0 Å². The number of unbranched alkanes of at least 4 members (excludes halogenated alkanes) is 2. The van der Waals surface area contributed by atoms with Crippen molar-refractivity contribution in [2.24, 2.45) is 0 Å². The van der Waals surface area contributed by atoms with E-state index in [0.717, 1.165) is 26.1 Å². The van der Waals surface area contributed by atoms with Crippen molar-refractivity contribution in [3.63, 3.8) is 0 Å². The van der Waals surface area contributed by atoms with E-state index in [1.807, 2.05) is 0 Å². The van der Waals surface area contributed by atoms with Gasteiger partial charge in [-0.25, -0.2) is 0 Å². The molecule has 0 radical (unpaired) electrons. The van der Waals surface area contributed by atoms with Gasteiger partial charge in [-0.2, -0.15) is 0 Å². The lowest BCUT2D eigenvalue weighted by Crippen LogP contribution is -2.48. The zero-order valence-corrected chi connectivity index (χ0v) is 13.1. The highest BCUT2D eigenvalue weighted by atomic mass is 28.4. The number of hydrogen-bond acceptors (Lipinski definition) is 2. The molecule has 0 aromatic heterocycles. The third-order valence-corrected chi connectivity index (χ3v) is 7.35. The first-order valence-corrected chi connectivity index (χ1v) is 8.97. The molecule has 0 aliphatic heterocycles. The van der Waals surface area contributed by atoms with Gasteiger partial charge in [0.25, 0.3) is 0 Å². The maximum absolute atomic E-state index is 6.10. The molecule has 0 heterocycles. The summed E-state index contributed by atoms with van der Waals surface area (Å²) in [6, 6.07) is 0. The van der Waals surface area contributed by atoms with Gasteiger partial charge < -0.3 is 8.85 Å². The van der Waals surface area contributed by atoms with Crippen LogP contribution < -0.4 is 0 Å². The SMILES string of the molecule is CCCCO[Si](C)(OCCCC)C(C)(C)C. The largest absolute Gasteiger partial charge is 0.394 e. The Morgan fingerprint density at radius 1 is 0.875 bits per heavy atom. The fraction of sp³-hybridized carbons (Fsp3) is 1.00. The Kier molecular flexibility index (Phi) is 7.52. The van der Waals surface area contributed by atoms with Gasteiger partial charge in [0.05, 0.1) is 0 Å². The molecular formula is C13H30O2Si. The van der Waals surface area contributed by atoms with Crippen molar-refractivity contribution in [1.29, 1.82) is 0 Å². The smallest absolute Gasteiger partial charge is 0.340 e. The standard InChI is InChI=1S/C13H30O2Si/c1-7-9-11-14-16(6,13(3,4)5)15-12-10-8-2/h7-12H2,1-6H3. The highest BCUT2D eigenvalue weighted by molar-refractivity contribution is 6.69. The summed E-state index contributed by atoms with van der Waals surface area (Å²) >= 11 is 0. The molecule has 0 aliphatic carbocycles. The van der Waals surface area contributed by atoms with E-state index < -0.39 is 8.56 Å². The molecule has 0 aromatic carbocycles. The second kappa shape index (κ2) is 7.46. The second-order valence-corrected chi connectivity index (χ2v) is 9.57. The summed E-state index contributed by atoms with van der Waals surface area (Å²) in [5, 5.41) is 0.147. The van der Waals surface area contributed by atoms with E-state index in [2.05, 4.69) is 41.2 Å². The molecule has 0 saturated carbocycles. The summed E-state index contributed by atoms with van der Waals surface area (Å²) < 4.78 is 12.2. The fourth-order valence-electron chi connectivity index (χ4n) is 1.30. The normalized spacial score (nSPS) is 13.1. The Morgan fingerprint density at radius 2 is 1.25 bits per heavy atom. The first kappa shape index (κ1) is 16.1. The van der Waals surface area contributed by atoms with Gasteiger partial charge in [0.1, 0.15) is 0 Å². The highest BCUT2D eigenvalue weighted by Gasteiger charge is 2.44. The molecule has 98 valence electrons. The van der Waals surface area contributed by atoms with Crippen molar-refractivity contribution in [3.8, 4) is 0 Å². The van der Waals surface area contributed by atoms with Gasteiger partial charge in [0.15, 0.2) is 0 Å². The average molecular weight is 246 g/mol. The second-order valence-electron chi connectivity index (χ2n) is 5.60. The summed E-state index contributed by atoms with van der Waals surface area (Å²) in [4.78, 5) is 0. The molecule has 0 saturated heterocycles. The highest BCUT2D eigenvalue weighted by Crippen LogP contribution is 2.37. The summed E-state index contributed by atoms with van der Waals surface area (Å²) in [6.07, 6.45) is 4.64. The average Bonchev–Trinajstić information content (AvgIpc) is 2.17. The van der Waals surface area contributed by atoms with Crippen molar-refractivity contribution in [2.45, 2.75) is 71.9 Å². The van der Waals surface area contributed by atoms with E-state index in [1.54, 1.807) is 0 Å². The first-order valence-electron chi connectivity index (χ1n) is 6.65. The van der Waals surface area contributed by atoms with Crippen LogP contribution >= 0.6 is 0 Å². The van der Waals surface area contributed by atoms with Gasteiger partial charge in [-0.3, -0.25) is 0 Å². The summed E-state index contributed by atoms with van der Waals surface area (Å²) in [5.74, 6) is 0. The lowest BCUT2D eigenvalue weighted by Gasteiger charge is -2.38. The molecule has 0 unspecified atom stereocenters. The summed E-state index contributed by atoms with van der Waals surface area (Å²) in [7, 11) is -2.03. The van der Waals surface area contributed by atoms with Gasteiger partial charge in [0.2, 0.25) is 0 Å². The van der Waals surface area contributed by atoms with E-state index in [0.29, 0.717) is 0 Å². The van der Waals surface area contributed by atoms with Crippen molar-refractivity contribution in [2.75, 3.05) is 13.2 Å². The molecule has 0 spiro atoms. The lowest BCUT2D eigenvalue weighted by atomic mass is 10.2. The molecule has 0 fully saturated rings. The third-order valence-electron chi connectivity index (χ3n) is 3.11. The molecule has 2 nitrogen and oxygen atoms in total. The number of hydrogen-bond donors (Lipinski definition) is 0. The minimum absolute atomic E-state index is 0.147. The van der Waals surface area contributed by atoms with E-state index in [1.165, 1.54) is 12.8 Å². The van der Waals surface area contributed by atoms with Crippen LogP contribution in [-0.4, -0.2) is 21.8 Å². The van der Waals surface area contributed by atoms with Crippen LogP contribution in [0.3, 0.4) is 0 Å². The third kappa shape index (κ3) is 5.46. The quantitative estimate of drug-likeness (QED) is 0.464. The summed E-state index contributed by atoms with van der Waals surface area (Å²) in [6.45, 7) is 15.0. The maximum Gasteiger partial charge on any atom is 0.340 e. The maximum atomic E-state index is 6.10. The van der Waals surface area contributed by atoms with Crippen LogP contribution in [0.4, 0.5) is 0 Å². The lowest BCUT2D eigenvalue weighted by molar-refractivity contribution is 0.149.